The molecule has 3 saturated carbocycles. The molecule has 0 bridgehead atoms. The van der Waals surface area contributed by atoms with Crippen LogP contribution in [0.4, 0.5) is 5.69 Å². The first kappa shape index (κ1) is 29.5. The highest BCUT2D eigenvalue weighted by Crippen LogP contribution is 2.40. The van der Waals surface area contributed by atoms with Crippen molar-refractivity contribution in [3.05, 3.63) is 66.0 Å². The zero-order valence-corrected chi connectivity index (χ0v) is 25.8. The minimum absolute atomic E-state index is 0.0687. The summed E-state index contributed by atoms with van der Waals surface area (Å²) in [5, 5.41) is 4.60. The summed E-state index contributed by atoms with van der Waals surface area (Å²) in [4.78, 5) is 28.4. The predicted octanol–water partition coefficient (Wildman–Crippen LogP) is 7.49. The molecule has 0 atom stereocenters. The SMILES string of the molecule is COC(=O)C1CCC(C(=O)N(C[C@H]2CC[C@H](c3ccc(OC)c(C)c3)CC2)c2cccc(-c3cnn(C4CC4)c3)c2)CC1. The van der Waals surface area contributed by atoms with Gasteiger partial charge in [0.2, 0.25) is 5.91 Å². The summed E-state index contributed by atoms with van der Waals surface area (Å²) in [5.74, 6) is 1.83. The van der Waals surface area contributed by atoms with Gasteiger partial charge in [0.25, 0.3) is 0 Å². The second-order valence-corrected chi connectivity index (χ2v) is 13.0. The fraction of sp³-hybridized carbons (Fsp3) is 0.528. The van der Waals surface area contributed by atoms with Crippen LogP contribution in [0.2, 0.25) is 0 Å². The van der Waals surface area contributed by atoms with Gasteiger partial charge >= 0.3 is 5.97 Å². The molecule has 1 aromatic heterocycles. The van der Waals surface area contributed by atoms with Crippen molar-refractivity contribution in [1.82, 2.24) is 9.78 Å². The van der Waals surface area contributed by atoms with Crippen LogP contribution in [0.15, 0.2) is 54.9 Å². The number of anilines is 1. The van der Waals surface area contributed by atoms with Crippen molar-refractivity contribution in [2.75, 3.05) is 25.7 Å². The van der Waals surface area contributed by atoms with Crippen molar-refractivity contribution in [3.8, 4) is 16.9 Å². The topological polar surface area (TPSA) is 73.7 Å². The zero-order chi connectivity index (χ0) is 29.9. The molecule has 0 aliphatic heterocycles. The molecule has 3 aliphatic rings. The Morgan fingerprint density at radius 2 is 1.63 bits per heavy atom. The van der Waals surface area contributed by atoms with Gasteiger partial charge in [-0.2, -0.15) is 5.10 Å². The van der Waals surface area contributed by atoms with Crippen LogP contribution in [-0.2, 0) is 14.3 Å². The lowest BCUT2D eigenvalue weighted by molar-refractivity contribution is -0.147. The molecule has 2 aromatic carbocycles. The van der Waals surface area contributed by atoms with Crippen molar-refractivity contribution in [3.63, 3.8) is 0 Å². The summed E-state index contributed by atoms with van der Waals surface area (Å²) in [6.07, 6.45) is 13.8. The number of carbonyl (C=O) groups is 2. The van der Waals surface area contributed by atoms with Gasteiger partial charge in [0.15, 0.2) is 0 Å². The van der Waals surface area contributed by atoms with E-state index >= 15 is 0 Å². The number of amides is 1. The Labute approximate surface area is 255 Å². The molecule has 0 N–H and O–H groups in total. The number of aromatic nitrogens is 2. The lowest BCUT2D eigenvalue weighted by Gasteiger charge is -2.36. The van der Waals surface area contributed by atoms with Crippen molar-refractivity contribution in [1.29, 1.82) is 0 Å². The average molecular weight is 584 g/mol. The van der Waals surface area contributed by atoms with Crippen molar-refractivity contribution < 1.29 is 19.1 Å². The van der Waals surface area contributed by atoms with E-state index in [4.69, 9.17) is 9.47 Å². The molecule has 1 amide bonds. The maximum Gasteiger partial charge on any atom is 0.308 e. The smallest absolute Gasteiger partial charge is 0.308 e. The number of rotatable bonds is 9. The van der Waals surface area contributed by atoms with E-state index in [9.17, 15) is 9.59 Å². The molecule has 6 rings (SSSR count). The van der Waals surface area contributed by atoms with E-state index in [2.05, 4.69) is 70.3 Å². The molecular formula is C36H45N3O4. The Morgan fingerprint density at radius 1 is 0.884 bits per heavy atom. The van der Waals surface area contributed by atoms with E-state index in [-0.39, 0.29) is 23.7 Å². The molecule has 3 aliphatic carbocycles. The maximum atomic E-state index is 14.2. The van der Waals surface area contributed by atoms with Crippen LogP contribution in [0.3, 0.4) is 0 Å². The van der Waals surface area contributed by atoms with Crippen LogP contribution in [0, 0.1) is 24.7 Å². The summed E-state index contributed by atoms with van der Waals surface area (Å²) >= 11 is 0. The fourth-order valence-electron chi connectivity index (χ4n) is 7.26. The van der Waals surface area contributed by atoms with Crippen molar-refractivity contribution >= 4 is 17.6 Å². The quantitative estimate of drug-likeness (QED) is 0.244. The average Bonchev–Trinajstić information content (AvgIpc) is 3.79. The number of ether oxygens (including phenoxy) is 2. The van der Waals surface area contributed by atoms with Gasteiger partial charge in [-0.15, -0.1) is 0 Å². The number of methoxy groups -OCH3 is 2. The molecule has 1 heterocycles. The molecule has 3 aromatic rings. The van der Waals surface area contributed by atoms with Crippen LogP contribution in [0.1, 0.15) is 87.3 Å². The summed E-state index contributed by atoms with van der Waals surface area (Å²) in [6, 6.07) is 15.5. The predicted molar refractivity (Wildman–Crippen MR) is 168 cm³/mol. The van der Waals surface area contributed by atoms with Gasteiger partial charge in [0.1, 0.15) is 5.75 Å². The Bertz CT molecular complexity index is 1430. The molecular weight excluding hydrogens is 538 g/mol. The highest BCUT2D eigenvalue weighted by atomic mass is 16.5. The second kappa shape index (κ2) is 12.9. The minimum atomic E-state index is -0.147. The molecule has 43 heavy (non-hydrogen) atoms. The highest BCUT2D eigenvalue weighted by molar-refractivity contribution is 5.96. The summed E-state index contributed by atoms with van der Waals surface area (Å²) < 4.78 is 12.5. The standard InChI is InChI=1S/C36H45N3O4/c1-24-19-30(15-18-34(24)42-2)26-9-7-25(8-10-26)22-38(35(40)27-11-13-28(14-12-27)36(41)43-3)33-6-4-5-29(20-33)31-21-37-39(23-31)32-16-17-32/h4-6,15,18-21,23,25-28,32H,7-14,16-17,22H2,1-3H3/t25-,26-,27?,28?. The minimum Gasteiger partial charge on any atom is -0.496 e. The number of benzene rings is 2. The Balaban J connectivity index is 1.19. The van der Waals surface area contributed by atoms with Crippen LogP contribution < -0.4 is 9.64 Å². The Kier molecular flexibility index (Phi) is 8.87. The molecule has 7 heteroatoms. The largest absolute Gasteiger partial charge is 0.496 e. The lowest BCUT2D eigenvalue weighted by Crippen LogP contribution is -2.42. The fourth-order valence-corrected chi connectivity index (χ4v) is 7.26. The van der Waals surface area contributed by atoms with Gasteiger partial charge in [0.05, 0.1) is 32.4 Å². The zero-order valence-electron chi connectivity index (χ0n) is 25.8. The second-order valence-electron chi connectivity index (χ2n) is 13.0. The first-order valence-electron chi connectivity index (χ1n) is 16.1. The number of esters is 1. The molecule has 0 saturated heterocycles. The third-order valence-electron chi connectivity index (χ3n) is 10.1. The molecule has 228 valence electrons. The Morgan fingerprint density at radius 3 is 2.30 bits per heavy atom. The van der Waals surface area contributed by atoms with Crippen LogP contribution >= 0.6 is 0 Å². The first-order valence-corrected chi connectivity index (χ1v) is 16.1. The third-order valence-corrected chi connectivity index (χ3v) is 10.1. The van der Waals surface area contributed by atoms with Gasteiger partial charge in [-0.1, -0.05) is 24.3 Å². The molecule has 0 spiro atoms. The molecule has 0 radical (unpaired) electrons. The summed E-state index contributed by atoms with van der Waals surface area (Å²) in [6.45, 7) is 2.84. The van der Waals surface area contributed by atoms with Gasteiger partial charge in [-0.25, -0.2) is 0 Å². The Hall–Kier alpha value is -3.61. The van der Waals surface area contributed by atoms with Gasteiger partial charge in [-0.05, 0) is 118 Å². The maximum absolute atomic E-state index is 14.2. The monoisotopic (exact) mass is 583 g/mol. The van der Waals surface area contributed by atoms with Crippen LogP contribution in [0.25, 0.3) is 11.1 Å². The molecule has 7 nitrogen and oxygen atoms in total. The third kappa shape index (κ3) is 6.66. The van der Waals surface area contributed by atoms with E-state index in [1.807, 2.05) is 6.20 Å². The number of hydrogen-bond acceptors (Lipinski definition) is 5. The van der Waals surface area contributed by atoms with E-state index in [1.54, 1.807) is 7.11 Å². The van der Waals surface area contributed by atoms with Gasteiger partial charge in [0, 0.05) is 29.9 Å². The summed E-state index contributed by atoms with van der Waals surface area (Å²) in [7, 11) is 3.18. The lowest BCUT2D eigenvalue weighted by atomic mass is 9.77. The van der Waals surface area contributed by atoms with E-state index in [0.717, 1.165) is 67.6 Å². The van der Waals surface area contributed by atoms with Crippen LogP contribution in [-0.4, -0.2) is 42.4 Å². The molecule has 3 fully saturated rings. The summed E-state index contributed by atoms with van der Waals surface area (Å²) in [5.41, 5.74) is 5.73. The van der Waals surface area contributed by atoms with E-state index in [0.29, 0.717) is 30.7 Å². The normalized spacial score (nSPS) is 23.9. The first-order chi connectivity index (χ1) is 20.9. The van der Waals surface area contributed by atoms with Crippen molar-refractivity contribution in [2.45, 2.75) is 83.1 Å². The van der Waals surface area contributed by atoms with Gasteiger partial charge in [-0.3, -0.25) is 14.3 Å². The van der Waals surface area contributed by atoms with Crippen molar-refractivity contribution in [2.24, 2.45) is 17.8 Å². The van der Waals surface area contributed by atoms with E-state index < -0.39 is 0 Å². The van der Waals surface area contributed by atoms with E-state index in [1.165, 1.54) is 31.1 Å². The van der Waals surface area contributed by atoms with Crippen LogP contribution in [0.5, 0.6) is 5.75 Å². The number of aryl methyl sites for hydroxylation is 1. The highest BCUT2D eigenvalue weighted by Gasteiger charge is 2.35. The number of carbonyl (C=O) groups excluding carboxylic acids is 2. The van der Waals surface area contributed by atoms with Gasteiger partial charge < -0.3 is 14.4 Å². The number of hydrogen-bond donors (Lipinski definition) is 0. The molecule has 0 unspecified atom stereocenters. The number of nitrogens with zero attached hydrogens (tertiary/aromatic N) is 3.